The molecule has 3 fully saturated rings. The van der Waals surface area contributed by atoms with E-state index in [4.69, 9.17) is 181 Å². The predicted octanol–water partition coefficient (Wildman–Crippen LogP) is 15.1. The number of esters is 2. The number of aliphatic hydroxyl groups is 1. The van der Waals surface area contributed by atoms with Gasteiger partial charge in [-0.3, -0.25) is 10.2 Å². The SMILES string of the molecule is C.CC1[C@@H](OCCOCCOCCN)OC(COC(=O)c2ccccc2)[C@@H](C)[C@@H]1C.CC1[C@@H](OCCOCCOCCN=[N+]=[N-])OC(COC(=O)c2ccccc2)[C@@H](C)[C@@H]1C.CCC1O[C@H](OC(=N)C(Cl)(Cl)Cl)C(C)[C@@H](C)[C@@H]1C.CCOCC(COCC)(COCC)NC(=O)OCc1ccccc1.C[Si](C)(C)OS(=O)(=O)C(F)(F)F.O=C=O.O=C=O.O=C=O.O=CC(F)(F)F.[N-]=[N+]=NCCOCCOCCO. The van der Waals surface area contributed by atoms with E-state index < -0.39 is 58.1 Å². The van der Waals surface area contributed by atoms with Gasteiger partial charge >= 0.3 is 58.3 Å². The molecule has 0 aromatic heterocycles. The number of halogens is 9. The Morgan fingerprint density at radius 3 is 1.15 bits per heavy atom. The lowest BCUT2D eigenvalue weighted by molar-refractivity contribution is -0.256. The van der Waals surface area contributed by atoms with Crippen molar-refractivity contribution in [1.29, 1.82) is 5.41 Å². The Hall–Kier alpha value is -8.29. The highest BCUT2D eigenvalue weighted by Gasteiger charge is 2.50. The molecule has 0 aliphatic carbocycles. The number of azide groups is 2. The summed E-state index contributed by atoms with van der Waals surface area (Å²) in [6, 6.07) is 27.4. The van der Waals surface area contributed by atoms with Gasteiger partial charge in [0.2, 0.25) is 26.8 Å². The number of nitrogens with one attached hydrogen (secondary N) is 2. The summed E-state index contributed by atoms with van der Waals surface area (Å²) in [6.45, 7) is 41.6. The summed E-state index contributed by atoms with van der Waals surface area (Å²) in [4.78, 5) is 99.3. The molecule has 3 saturated heterocycles. The molecule has 15 atom stereocenters. The Kier molecular flexibility index (Phi) is 84.9. The number of amides is 1. The number of alkyl carbamates (subject to hydrolysis) is 1. The zero-order valence-corrected chi connectivity index (χ0v) is 86.5. The molecule has 3 heterocycles. The molecular weight excluding hydrogens is 2000 g/mol. The second-order valence-electron chi connectivity index (χ2n) is 31.4. The molecule has 3 aliphatic heterocycles. The minimum Gasteiger partial charge on any atom is -0.459 e. The Morgan fingerprint density at radius 2 is 0.838 bits per heavy atom. The minimum atomic E-state index is -5.39. The van der Waals surface area contributed by atoms with Crippen LogP contribution >= 0.6 is 34.8 Å². The fraction of sp³-hybridized carbons (Fsp3) is 0.711. The molecule has 52 heteroatoms. The first-order chi connectivity index (χ1) is 66.6. The van der Waals surface area contributed by atoms with Gasteiger partial charge in [-0.25, -0.2) is 14.4 Å². The molecular formula is C90H144Cl3F6N9O32SSi. The van der Waals surface area contributed by atoms with Gasteiger partial charge in [0.1, 0.15) is 25.4 Å². The number of benzene rings is 3. The summed E-state index contributed by atoms with van der Waals surface area (Å²) < 4.78 is 189. The van der Waals surface area contributed by atoms with Crippen LogP contribution in [0.15, 0.2) is 101 Å². The number of alkyl halides is 9. The smallest absolute Gasteiger partial charge is 0.459 e. The second-order valence-corrected chi connectivity index (χ2v) is 39.9. The van der Waals surface area contributed by atoms with Gasteiger partial charge in [-0.05, 0) is 123 Å². The molecule has 142 heavy (non-hydrogen) atoms. The van der Waals surface area contributed by atoms with E-state index in [0.717, 1.165) is 12.0 Å². The summed E-state index contributed by atoms with van der Waals surface area (Å²) in [6.07, 6.45) is -6.13. The Balaban J connectivity index is -0.000000526. The van der Waals surface area contributed by atoms with E-state index in [-0.39, 0.29) is 131 Å². The standard InChI is InChI=1S/C22H33N3O6.C22H35NO6.C18H29NO5.C12H20Cl3NO2.C6H13N3O3.C4H9F3O3SSi.C2HF3O.3CO2.CH4/c1-16-17(2)20(15-30-21(26)19-7-5-4-6-8-19)31-22(18(16)3)29-14-13-28-12-11-27-10-9-24-25-23;1-16-17(2)20(15-28-21(24)19-7-5-4-6-8-19)29-22(18(16)3)27-14-13-26-12-11-25-10-9-23;1-4-21-13-18(14-22-5-2,15-23-6-3)19-17(20)24-12-16-10-8-7-9-11-16;1-5-9-7(3)6(2)8(4)10(17-9)18-11(16)12(13,14)15;7-9-8-1-3-11-5-6-12-4-2-10;1-12(2,3)10-11(8,9)4(5,6)7;3-2(4,5)1-6;3*2-1-3;/h4-8,16-18,20,22H,9-15H2,1-3H3;4-8,16-18,20,22H,9-15,23H2,1-3H3;7-11H,4-6,12-15H2,1-3H3,(H,19,20);6-10,16H,5H2,1-4H3;10H,1-6H2;1-3H3;1H;;;;1H4/t2*16-,17-,18?,20?,22-;;6-,7-,8?,9?,10+;;;;;;;/m00.0......./s1. The van der Waals surface area contributed by atoms with Crippen LogP contribution in [0.5, 0.6) is 0 Å². The van der Waals surface area contributed by atoms with Gasteiger partial charge in [0.15, 0.2) is 12.6 Å². The van der Waals surface area contributed by atoms with Crippen LogP contribution in [0.1, 0.15) is 130 Å². The van der Waals surface area contributed by atoms with Gasteiger partial charge in [-0.1, -0.05) is 188 Å². The van der Waals surface area contributed by atoms with Crippen LogP contribution in [0.4, 0.5) is 31.1 Å². The van der Waals surface area contributed by atoms with Crippen molar-refractivity contribution in [2.24, 2.45) is 69.2 Å². The molecule has 814 valence electrons. The number of hydrogen-bond acceptors (Lipinski definition) is 36. The lowest BCUT2D eigenvalue weighted by atomic mass is 9.78. The van der Waals surface area contributed by atoms with Crippen molar-refractivity contribution in [2.75, 3.05) is 172 Å². The predicted molar refractivity (Wildman–Crippen MR) is 508 cm³/mol. The van der Waals surface area contributed by atoms with Crippen molar-refractivity contribution in [3.63, 3.8) is 0 Å². The highest BCUT2D eigenvalue weighted by Crippen LogP contribution is 2.40. The van der Waals surface area contributed by atoms with Crippen molar-refractivity contribution >= 4 is 102 Å². The lowest BCUT2D eigenvalue weighted by Crippen LogP contribution is -2.58. The zero-order chi connectivity index (χ0) is 108. The molecule has 1 amide bonds. The van der Waals surface area contributed by atoms with Crippen LogP contribution in [0.25, 0.3) is 20.9 Å². The van der Waals surface area contributed by atoms with E-state index in [9.17, 15) is 49.1 Å². The molecule has 6 rings (SSSR count). The number of nitrogens with zero attached hydrogens (tertiary/aromatic N) is 6. The monoisotopic (exact) mass is 2140 g/mol. The average Bonchev–Trinajstić information content (AvgIpc) is 0.677. The minimum absolute atomic E-state index is 0. The van der Waals surface area contributed by atoms with Gasteiger partial charge in [0, 0.05) is 67.0 Å². The number of carbonyl (C=O) groups is 4. The fourth-order valence-corrected chi connectivity index (χ4v) is 15.1. The maximum atomic E-state index is 12.2. The van der Waals surface area contributed by atoms with Gasteiger partial charge in [0.05, 0.1) is 148 Å². The lowest BCUT2D eigenvalue weighted by Gasteiger charge is -2.43. The van der Waals surface area contributed by atoms with Crippen LogP contribution in [0.2, 0.25) is 19.6 Å². The first-order valence-corrected chi connectivity index (χ1v) is 50.6. The van der Waals surface area contributed by atoms with E-state index in [1.54, 1.807) is 24.3 Å². The molecule has 0 bridgehead atoms. The highest BCUT2D eigenvalue weighted by atomic mass is 35.6. The van der Waals surface area contributed by atoms with Crippen molar-refractivity contribution in [3.05, 3.63) is 129 Å². The molecule has 3 aliphatic rings. The van der Waals surface area contributed by atoms with Crippen molar-refractivity contribution in [1.82, 2.24) is 5.32 Å². The van der Waals surface area contributed by atoms with Gasteiger partial charge in [-0.15, -0.1) is 0 Å². The van der Waals surface area contributed by atoms with E-state index in [0.29, 0.717) is 187 Å². The highest BCUT2D eigenvalue weighted by molar-refractivity contribution is 7.88. The number of nitrogens with two attached hydrogens (primary N) is 1. The summed E-state index contributed by atoms with van der Waals surface area (Å²) in [5.74, 6) is 1.61. The van der Waals surface area contributed by atoms with E-state index in [1.165, 1.54) is 19.6 Å². The van der Waals surface area contributed by atoms with Crippen LogP contribution in [0.3, 0.4) is 0 Å². The van der Waals surface area contributed by atoms with E-state index in [1.807, 2.05) is 94.4 Å². The Morgan fingerprint density at radius 1 is 0.514 bits per heavy atom. The topological polar surface area (TPSA) is 560 Å². The van der Waals surface area contributed by atoms with Crippen molar-refractivity contribution < 1.29 is 177 Å². The van der Waals surface area contributed by atoms with Crippen LogP contribution < -0.4 is 11.1 Å². The molecule has 5 N–H and O–H groups in total. The second kappa shape index (κ2) is 84.9. The maximum absolute atomic E-state index is 12.2. The van der Waals surface area contributed by atoms with Crippen LogP contribution in [0, 0.1) is 58.7 Å². The van der Waals surface area contributed by atoms with E-state index >= 15 is 0 Å². The summed E-state index contributed by atoms with van der Waals surface area (Å²) in [7, 11) is -8.10. The van der Waals surface area contributed by atoms with Crippen molar-refractivity contribution in [2.45, 2.75) is 188 Å². The van der Waals surface area contributed by atoms with Crippen LogP contribution in [-0.2, 0) is 139 Å². The third-order valence-corrected chi connectivity index (χ3v) is 24.1. The number of aldehydes is 1. The zero-order valence-electron chi connectivity index (χ0n) is 82.4. The number of aliphatic hydroxyl groups excluding tert-OH is 1. The number of ether oxygens (including phenoxy) is 18. The summed E-state index contributed by atoms with van der Waals surface area (Å²) in [5.41, 5.74) is 17.3. The molecule has 41 nitrogen and oxygen atoms in total. The van der Waals surface area contributed by atoms with Crippen LogP contribution in [-0.4, -0.2) is 300 Å². The molecule has 3 aromatic carbocycles. The number of rotatable bonds is 49. The normalized spacial score (nSPS) is 20.4. The maximum Gasteiger partial charge on any atom is 0.522 e. The first-order valence-electron chi connectivity index (χ1n) is 44.6. The number of carbonyl (C=O) groups excluding carboxylic acids is 10. The molecule has 0 spiro atoms. The molecule has 6 unspecified atom stereocenters. The first kappa shape index (κ1) is 142. The Labute approximate surface area is 843 Å². The average molecular weight is 2140 g/mol. The Bertz CT molecular complexity index is 4030. The van der Waals surface area contributed by atoms with E-state index in [2.05, 4.69) is 91.6 Å². The summed E-state index contributed by atoms with van der Waals surface area (Å²) >= 11 is 16.8. The van der Waals surface area contributed by atoms with Gasteiger partial charge in [-0.2, -0.15) is 63.5 Å². The molecule has 0 saturated carbocycles. The quantitative estimate of drug-likeness (QED) is 0.00325. The van der Waals surface area contributed by atoms with Gasteiger partial charge < -0.3 is 105 Å². The van der Waals surface area contributed by atoms with Gasteiger partial charge in [0.25, 0.3) is 3.79 Å². The molecule has 3 aromatic rings. The third-order valence-electron chi connectivity index (χ3n) is 20.2. The molecule has 0 radical (unpaired) electrons. The summed E-state index contributed by atoms with van der Waals surface area (Å²) in [5, 5.41) is 25.5. The number of hydrogen-bond donors (Lipinski definition) is 4. The van der Waals surface area contributed by atoms with Crippen molar-refractivity contribution in [3.8, 4) is 0 Å². The fourth-order valence-electron chi connectivity index (χ4n) is 12.0. The third kappa shape index (κ3) is 69.7. The largest absolute Gasteiger partial charge is 0.522 e.